The van der Waals surface area contributed by atoms with Crippen molar-refractivity contribution in [2.24, 2.45) is 11.8 Å². The number of hydrogen-bond donors (Lipinski definition) is 1. The molecular weight excluding hydrogens is 196 g/mol. The van der Waals surface area contributed by atoms with Gasteiger partial charge in [-0.15, -0.1) is 11.6 Å². The molecule has 0 radical (unpaired) electrons. The monoisotopic (exact) mass is 211 g/mol. The van der Waals surface area contributed by atoms with E-state index >= 15 is 0 Å². The molecule has 2 atom stereocenters. The molecule has 0 bridgehead atoms. The minimum absolute atomic E-state index is 0.189. The molecule has 1 aliphatic rings. The first-order chi connectivity index (χ1) is 6.24. The zero-order valence-corrected chi connectivity index (χ0v) is 8.36. The molecule has 0 amide bonds. The zero-order valence-electron chi connectivity index (χ0n) is 7.61. The van der Waals surface area contributed by atoms with Crippen LogP contribution in [-0.4, -0.2) is 25.4 Å². The summed E-state index contributed by atoms with van der Waals surface area (Å²) in [5, 5.41) is 2.78. The first-order valence-corrected chi connectivity index (χ1v) is 5.32. The lowest BCUT2D eigenvalue weighted by molar-refractivity contribution is 0.143. The first-order valence-electron chi connectivity index (χ1n) is 4.79. The summed E-state index contributed by atoms with van der Waals surface area (Å²) >= 11 is 5.77. The van der Waals surface area contributed by atoms with Crippen molar-refractivity contribution in [1.29, 1.82) is 0 Å². The summed E-state index contributed by atoms with van der Waals surface area (Å²) in [6.45, 7) is 0.507. The Balaban J connectivity index is 2.13. The number of hydrogen-bond acceptors (Lipinski definition) is 1. The van der Waals surface area contributed by atoms with Gasteiger partial charge in [0.15, 0.2) is 0 Å². The Labute approximate surface area is 82.8 Å². The van der Waals surface area contributed by atoms with E-state index in [9.17, 15) is 8.78 Å². The van der Waals surface area contributed by atoms with E-state index in [1.165, 1.54) is 6.42 Å². The van der Waals surface area contributed by atoms with Crippen molar-refractivity contribution >= 4 is 11.6 Å². The predicted octanol–water partition coefficient (Wildman–Crippen LogP) is 2.50. The third-order valence-corrected chi connectivity index (χ3v) is 3.12. The Kier molecular flexibility index (Phi) is 4.96. The Bertz CT molecular complexity index is 144. The number of alkyl halides is 3. The molecule has 4 heteroatoms. The summed E-state index contributed by atoms with van der Waals surface area (Å²) < 4.78 is 23.6. The van der Waals surface area contributed by atoms with Gasteiger partial charge in [-0.25, -0.2) is 8.78 Å². The lowest BCUT2D eigenvalue weighted by Crippen LogP contribution is -2.29. The van der Waals surface area contributed by atoms with Crippen molar-refractivity contribution in [1.82, 2.24) is 5.32 Å². The van der Waals surface area contributed by atoms with Gasteiger partial charge in [-0.3, -0.25) is 0 Å². The van der Waals surface area contributed by atoms with E-state index in [0.717, 1.165) is 12.8 Å². The van der Waals surface area contributed by atoms with Gasteiger partial charge in [0, 0.05) is 5.88 Å². The van der Waals surface area contributed by atoms with Crippen LogP contribution < -0.4 is 5.32 Å². The van der Waals surface area contributed by atoms with Crippen LogP contribution in [0.2, 0.25) is 0 Å². The summed E-state index contributed by atoms with van der Waals surface area (Å²) in [5.74, 6) is 1.71. The second-order valence-corrected chi connectivity index (χ2v) is 3.96. The van der Waals surface area contributed by atoms with Gasteiger partial charge in [0.1, 0.15) is 0 Å². The van der Waals surface area contributed by atoms with Crippen molar-refractivity contribution in [2.45, 2.75) is 25.7 Å². The maximum absolute atomic E-state index is 11.8. The highest BCUT2D eigenvalue weighted by Crippen LogP contribution is 2.31. The summed E-state index contributed by atoms with van der Waals surface area (Å²) in [6, 6.07) is 0. The van der Waals surface area contributed by atoms with Gasteiger partial charge in [0.2, 0.25) is 0 Å². The van der Waals surface area contributed by atoms with Crippen LogP contribution in [0.1, 0.15) is 19.3 Å². The summed E-state index contributed by atoms with van der Waals surface area (Å²) in [5.41, 5.74) is 0. The maximum Gasteiger partial charge on any atom is 0.250 e. The van der Waals surface area contributed by atoms with E-state index < -0.39 is 6.43 Å². The fraction of sp³-hybridized carbons (Fsp3) is 1.00. The minimum atomic E-state index is -2.24. The molecule has 1 saturated carbocycles. The normalized spacial score (nSPS) is 28.6. The smallest absolute Gasteiger partial charge is 0.250 e. The molecule has 0 aliphatic heterocycles. The van der Waals surface area contributed by atoms with Crippen LogP contribution in [0.3, 0.4) is 0 Å². The van der Waals surface area contributed by atoms with Gasteiger partial charge in [-0.2, -0.15) is 0 Å². The van der Waals surface area contributed by atoms with Gasteiger partial charge in [0.25, 0.3) is 6.43 Å². The molecule has 2 unspecified atom stereocenters. The highest BCUT2D eigenvalue weighted by Gasteiger charge is 2.25. The maximum atomic E-state index is 11.8. The van der Waals surface area contributed by atoms with Gasteiger partial charge in [-0.05, 0) is 31.2 Å². The molecule has 1 fully saturated rings. The van der Waals surface area contributed by atoms with Crippen molar-refractivity contribution in [2.75, 3.05) is 19.0 Å². The van der Waals surface area contributed by atoms with E-state index in [1.54, 1.807) is 0 Å². The fourth-order valence-corrected chi connectivity index (χ4v) is 2.37. The van der Waals surface area contributed by atoms with E-state index in [1.807, 2.05) is 0 Å². The van der Waals surface area contributed by atoms with Crippen LogP contribution in [0, 0.1) is 11.8 Å². The van der Waals surface area contributed by atoms with Gasteiger partial charge in [-0.1, -0.05) is 6.42 Å². The Morgan fingerprint density at radius 2 is 2.00 bits per heavy atom. The molecule has 0 saturated heterocycles. The molecule has 1 rings (SSSR count). The molecule has 1 aliphatic carbocycles. The molecule has 0 aromatic heterocycles. The highest BCUT2D eigenvalue weighted by molar-refractivity contribution is 6.18. The summed E-state index contributed by atoms with van der Waals surface area (Å²) in [4.78, 5) is 0. The standard InChI is InChI=1S/C9H16ClF2N/c10-4-7-2-1-3-8(7)5-13-6-9(11)12/h7-9,13H,1-6H2. The van der Waals surface area contributed by atoms with E-state index in [4.69, 9.17) is 11.6 Å². The number of rotatable bonds is 5. The van der Waals surface area contributed by atoms with E-state index in [0.29, 0.717) is 24.3 Å². The average molecular weight is 212 g/mol. The molecule has 78 valence electrons. The third kappa shape index (κ3) is 3.77. The topological polar surface area (TPSA) is 12.0 Å². The zero-order chi connectivity index (χ0) is 9.68. The lowest BCUT2D eigenvalue weighted by Gasteiger charge is -2.17. The molecule has 0 spiro atoms. The van der Waals surface area contributed by atoms with Crippen molar-refractivity contribution in [3.05, 3.63) is 0 Å². The Morgan fingerprint density at radius 3 is 2.62 bits per heavy atom. The summed E-state index contributed by atoms with van der Waals surface area (Å²) in [6.07, 6.45) is 1.24. The molecule has 0 heterocycles. The summed E-state index contributed by atoms with van der Waals surface area (Å²) in [7, 11) is 0. The van der Waals surface area contributed by atoms with Gasteiger partial charge in [0.05, 0.1) is 6.54 Å². The van der Waals surface area contributed by atoms with Crippen molar-refractivity contribution in [3.63, 3.8) is 0 Å². The van der Waals surface area contributed by atoms with Crippen LogP contribution in [0.15, 0.2) is 0 Å². The fourth-order valence-electron chi connectivity index (χ4n) is 1.96. The molecule has 1 nitrogen and oxygen atoms in total. The highest BCUT2D eigenvalue weighted by atomic mass is 35.5. The molecular formula is C9H16ClF2N. The van der Waals surface area contributed by atoms with Crippen LogP contribution in [0.25, 0.3) is 0 Å². The lowest BCUT2D eigenvalue weighted by atomic mass is 9.98. The largest absolute Gasteiger partial charge is 0.311 e. The second kappa shape index (κ2) is 5.76. The molecule has 1 N–H and O–H groups in total. The Hall–Kier alpha value is 0.110. The second-order valence-electron chi connectivity index (χ2n) is 3.65. The van der Waals surface area contributed by atoms with Gasteiger partial charge >= 0.3 is 0 Å². The predicted molar refractivity (Wildman–Crippen MR) is 50.4 cm³/mol. The molecule has 0 aromatic carbocycles. The van der Waals surface area contributed by atoms with Gasteiger partial charge < -0.3 is 5.32 Å². The quantitative estimate of drug-likeness (QED) is 0.689. The first kappa shape index (κ1) is 11.2. The Morgan fingerprint density at radius 1 is 1.31 bits per heavy atom. The minimum Gasteiger partial charge on any atom is -0.311 e. The SMILES string of the molecule is FC(F)CNCC1CCCC1CCl. The van der Waals surface area contributed by atoms with Crippen LogP contribution in [-0.2, 0) is 0 Å². The number of nitrogens with one attached hydrogen (secondary N) is 1. The number of halogens is 3. The van der Waals surface area contributed by atoms with E-state index in [-0.39, 0.29) is 6.54 Å². The third-order valence-electron chi connectivity index (χ3n) is 2.72. The molecule has 0 aromatic rings. The van der Waals surface area contributed by atoms with E-state index in [2.05, 4.69) is 5.32 Å². The average Bonchev–Trinajstić information content (AvgIpc) is 2.51. The van der Waals surface area contributed by atoms with Crippen molar-refractivity contribution in [3.8, 4) is 0 Å². The van der Waals surface area contributed by atoms with Crippen LogP contribution in [0.5, 0.6) is 0 Å². The molecule has 13 heavy (non-hydrogen) atoms. The van der Waals surface area contributed by atoms with Crippen LogP contribution >= 0.6 is 11.6 Å². The van der Waals surface area contributed by atoms with Crippen LogP contribution in [0.4, 0.5) is 8.78 Å². The van der Waals surface area contributed by atoms with Crippen molar-refractivity contribution < 1.29 is 8.78 Å².